The number of benzene rings is 1. The molecule has 1 aliphatic carbocycles. The molecule has 2 aliphatic rings. The van der Waals surface area contributed by atoms with Crippen molar-refractivity contribution < 1.29 is 0 Å². The average molecular weight is 366 g/mol. The monoisotopic (exact) mass is 365 g/mol. The van der Waals surface area contributed by atoms with Gasteiger partial charge in [0.05, 0.1) is 0 Å². The van der Waals surface area contributed by atoms with Gasteiger partial charge in [0, 0.05) is 51.5 Å². The van der Waals surface area contributed by atoms with E-state index in [1.807, 2.05) is 6.20 Å². The first kappa shape index (κ1) is 18.1. The molecule has 1 N–H and O–H groups in total. The van der Waals surface area contributed by atoms with E-state index in [-0.39, 0.29) is 0 Å². The van der Waals surface area contributed by atoms with Crippen LogP contribution in [0.3, 0.4) is 0 Å². The Morgan fingerprint density at radius 3 is 2.78 bits per heavy atom. The number of nitrogens with zero attached hydrogens (tertiary/aromatic N) is 4. The van der Waals surface area contributed by atoms with Gasteiger partial charge in [-0.1, -0.05) is 36.8 Å². The van der Waals surface area contributed by atoms with Crippen LogP contribution in [0.15, 0.2) is 47.7 Å². The van der Waals surface area contributed by atoms with Crippen molar-refractivity contribution >= 4 is 5.96 Å². The Labute approximate surface area is 162 Å². The summed E-state index contributed by atoms with van der Waals surface area (Å²) in [7, 11) is 0. The standard InChI is InChI=1S/C22H31N5/c1-2-23-21(27-15-12-22(18-27)10-6-11-22)25-13-9-20-24-14-16-26(20)17-19-7-4-3-5-8-19/h3-5,7-8,14,16H,2,6,9-13,15,17-18H2,1H3,(H,23,25). The molecule has 1 saturated carbocycles. The summed E-state index contributed by atoms with van der Waals surface area (Å²) >= 11 is 0. The Morgan fingerprint density at radius 2 is 2.07 bits per heavy atom. The molecular formula is C22H31N5. The van der Waals surface area contributed by atoms with Gasteiger partial charge in [-0.3, -0.25) is 4.99 Å². The minimum absolute atomic E-state index is 0.599. The lowest BCUT2D eigenvalue weighted by atomic mass is 9.68. The van der Waals surface area contributed by atoms with E-state index < -0.39 is 0 Å². The van der Waals surface area contributed by atoms with Crippen molar-refractivity contribution in [3.8, 4) is 0 Å². The molecule has 1 spiro atoms. The summed E-state index contributed by atoms with van der Waals surface area (Å²) in [5.74, 6) is 2.19. The smallest absolute Gasteiger partial charge is 0.193 e. The number of aliphatic imine (C=N–C) groups is 1. The third-order valence-electron chi connectivity index (χ3n) is 6.08. The number of guanidine groups is 1. The molecule has 27 heavy (non-hydrogen) atoms. The van der Waals surface area contributed by atoms with Gasteiger partial charge < -0.3 is 14.8 Å². The maximum Gasteiger partial charge on any atom is 0.193 e. The zero-order chi connectivity index (χ0) is 18.5. The van der Waals surface area contributed by atoms with Gasteiger partial charge in [0.15, 0.2) is 5.96 Å². The van der Waals surface area contributed by atoms with Gasteiger partial charge in [-0.25, -0.2) is 4.98 Å². The second kappa shape index (κ2) is 8.15. The molecule has 0 radical (unpaired) electrons. The first-order valence-corrected chi connectivity index (χ1v) is 10.4. The van der Waals surface area contributed by atoms with Gasteiger partial charge in [-0.15, -0.1) is 0 Å². The Hall–Kier alpha value is -2.30. The van der Waals surface area contributed by atoms with E-state index in [2.05, 4.69) is 63.2 Å². The van der Waals surface area contributed by atoms with Gasteiger partial charge in [0.2, 0.25) is 0 Å². The Kier molecular flexibility index (Phi) is 5.46. The predicted octanol–water partition coefficient (Wildman–Crippen LogP) is 3.32. The molecule has 2 aromatic rings. The Balaban J connectivity index is 1.36. The van der Waals surface area contributed by atoms with Crippen LogP contribution in [-0.4, -0.2) is 46.6 Å². The van der Waals surface area contributed by atoms with Gasteiger partial charge in [-0.2, -0.15) is 0 Å². The number of hydrogen-bond acceptors (Lipinski definition) is 2. The van der Waals surface area contributed by atoms with Crippen molar-refractivity contribution in [2.45, 2.75) is 45.6 Å². The molecule has 0 unspecified atom stereocenters. The third kappa shape index (κ3) is 4.18. The second-order valence-electron chi connectivity index (χ2n) is 7.97. The SMILES string of the molecule is CCNC(=NCCc1nccn1Cc1ccccc1)N1CCC2(CCC2)C1. The lowest BCUT2D eigenvalue weighted by Gasteiger charge is -2.38. The van der Waals surface area contributed by atoms with Crippen molar-refractivity contribution in [2.75, 3.05) is 26.2 Å². The first-order chi connectivity index (χ1) is 13.3. The lowest BCUT2D eigenvalue weighted by Crippen LogP contribution is -2.42. The number of nitrogens with one attached hydrogen (secondary N) is 1. The third-order valence-corrected chi connectivity index (χ3v) is 6.08. The van der Waals surface area contributed by atoms with Crippen LogP contribution in [-0.2, 0) is 13.0 Å². The highest BCUT2D eigenvalue weighted by Gasteiger charge is 2.43. The summed E-state index contributed by atoms with van der Waals surface area (Å²) in [5, 5.41) is 3.49. The quantitative estimate of drug-likeness (QED) is 0.631. The maximum atomic E-state index is 4.92. The van der Waals surface area contributed by atoms with E-state index in [9.17, 15) is 0 Å². The van der Waals surface area contributed by atoms with Crippen LogP contribution in [0, 0.1) is 5.41 Å². The maximum absolute atomic E-state index is 4.92. The number of rotatable bonds is 6. The molecule has 2 heterocycles. The molecule has 144 valence electrons. The molecule has 1 aliphatic heterocycles. The van der Waals surface area contributed by atoms with Crippen molar-refractivity contribution in [1.29, 1.82) is 0 Å². The van der Waals surface area contributed by atoms with Crippen molar-refractivity contribution in [3.63, 3.8) is 0 Å². The van der Waals surface area contributed by atoms with Crippen LogP contribution in [0.25, 0.3) is 0 Å². The fourth-order valence-electron chi connectivity index (χ4n) is 4.38. The normalized spacial score (nSPS) is 18.7. The second-order valence-corrected chi connectivity index (χ2v) is 7.97. The molecule has 0 bridgehead atoms. The van der Waals surface area contributed by atoms with Gasteiger partial charge in [-0.05, 0) is 37.2 Å². The fourth-order valence-corrected chi connectivity index (χ4v) is 4.38. The van der Waals surface area contributed by atoms with Crippen LogP contribution in [0.5, 0.6) is 0 Å². The highest BCUT2D eigenvalue weighted by Crippen LogP contribution is 2.47. The molecule has 5 heteroatoms. The predicted molar refractivity (Wildman–Crippen MR) is 110 cm³/mol. The van der Waals surface area contributed by atoms with Crippen molar-refractivity contribution in [2.24, 2.45) is 10.4 Å². The minimum atomic E-state index is 0.599. The zero-order valence-corrected chi connectivity index (χ0v) is 16.4. The van der Waals surface area contributed by atoms with Crippen molar-refractivity contribution in [3.05, 3.63) is 54.1 Å². The van der Waals surface area contributed by atoms with Crippen molar-refractivity contribution in [1.82, 2.24) is 19.8 Å². The molecule has 1 aromatic heterocycles. The summed E-state index contributed by atoms with van der Waals surface area (Å²) in [6, 6.07) is 10.6. The van der Waals surface area contributed by atoms with E-state index in [0.717, 1.165) is 44.4 Å². The Morgan fingerprint density at radius 1 is 1.22 bits per heavy atom. The van der Waals surface area contributed by atoms with E-state index >= 15 is 0 Å². The van der Waals surface area contributed by atoms with Crippen LogP contribution < -0.4 is 5.32 Å². The van der Waals surface area contributed by atoms with Gasteiger partial charge >= 0.3 is 0 Å². The molecule has 0 atom stereocenters. The molecular weight excluding hydrogens is 334 g/mol. The summed E-state index contributed by atoms with van der Waals surface area (Å²) in [4.78, 5) is 11.9. The van der Waals surface area contributed by atoms with Crippen LogP contribution in [0.2, 0.25) is 0 Å². The number of imidazole rings is 1. The van der Waals surface area contributed by atoms with E-state index in [1.165, 1.54) is 37.8 Å². The lowest BCUT2D eigenvalue weighted by molar-refractivity contribution is 0.151. The first-order valence-electron chi connectivity index (χ1n) is 10.4. The molecule has 4 rings (SSSR count). The topological polar surface area (TPSA) is 45.5 Å². The average Bonchev–Trinajstić information content (AvgIpc) is 3.29. The highest BCUT2D eigenvalue weighted by atomic mass is 15.3. The molecule has 5 nitrogen and oxygen atoms in total. The van der Waals surface area contributed by atoms with Gasteiger partial charge in [0.1, 0.15) is 5.82 Å². The number of likely N-dealkylation sites (tertiary alicyclic amines) is 1. The fraction of sp³-hybridized carbons (Fsp3) is 0.545. The minimum Gasteiger partial charge on any atom is -0.357 e. The Bertz CT molecular complexity index is 760. The van der Waals surface area contributed by atoms with Crippen LogP contribution >= 0.6 is 0 Å². The number of aromatic nitrogens is 2. The zero-order valence-electron chi connectivity index (χ0n) is 16.4. The molecule has 0 amide bonds. The number of hydrogen-bond donors (Lipinski definition) is 1. The molecule has 1 saturated heterocycles. The summed E-state index contributed by atoms with van der Waals surface area (Å²) < 4.78 is 2.23. The van der Waals surface area contributed by atoms with E-state index in [1.54, 1.807) is 0 Å². The summed E-state index contributed by atoms with van der Waals surface area (Å²) in [6.45, 7) is 7.05. The molecule has 1 aromatic carbocycles. The highest BCUT2D eigenvalue weighted by molar-refractivity contribution is 5.80. The largest absolute Gasteiger partial charge is 0.357 e. The van der Waals surface area contributed by atoms with Crippen LogP contribution in [0.1, 0.15) is 44.0 Å². The van der Waals surface area contributed by atoms with E-state index in [0.29, 0.717) is 5.41 Å². The van der Waals surface area contributed by atoms with Crippen LogP contribution in [0.4, 0.5) is 0 Å². The molecule has 2 fully saturated rings. The van der Waals surface area contributed by atoms with Gasteiger partial charge in [0.25, 0.3) is 0 Å². The summed E-state index contributed by atoms with van der Waals surface area (Å²) in [5.41, 5.74) is 1.90. The summed E-state index contributed by atoms with van der Waals surface area (Å²) in [6.07, 6.45) is 10.4. The van der Waals surface area contributed by atoms with E-state index in [4.69, 9.17) is 4.99 Å².